The second-order valence-corrected chi connectivity index (χ2v) is 18.1. The number of aromatic nitrogens is 1. The zero-order valence-electron chi connectivity index (χ0n) is 34.7. The third-order valence-electron chi connectivity index (χ3n) is 12.2. The quantitative estimate of drug-likeness (QED) is 0.163. The molecule has 10 rings (SSSR count). The summed E-state index contributed by atoms with van der Waals surface area (Å²) in [6.45, 7) is 13.9. The number of fused-ring (bicyclic) bond motifs is 4. The average molecular weight is 762 g/mol. The van der Waals surface area contributed by atoms with Crippen LogP contribution in [-0.4, -0.2) is 11.7 Å². The Bertz CT molecular complexity index is 2640. The first-order valence-corrected chi connectivity index (χ1v) is 20.8. The van der Waals surface area contributed by atoms with Gasteiger partial charge in [0.1, 0.15) is 0 Å². The van der Waals surface area contributed by atoms with E-state index < -0.39 is 0 Å². The predicted molar refractivity (Wildman–Crippen MR) is 252 cm³/mol. The lowest BCUT2D eigenvalue weighted by molar-refractivity contribution is 0.590. The molecule has 59 heavy (non-hydrogen) atoms. The Morgan fingerprint density at radius 3 is 1.22 bits per heavy atom. The molecule has 0 radical (unpaired) electrons. The van der Waals surface area contributed by atoms with E-state index in [1.807, 2.05) is 12.3 Å². The summed E-state index contributed by atoms with van der Waals surface area (Å²) in [4.78, 5) is 9.94. The minimum Gasteiger partial charge on any atom is -0.311 e. The first kappa shape index (κ1) is 36.7. The molecule has 1 aromatic heterocycles. The maximum absolute atomic E-state index is 4.93. The third kappa shape index (κ3) is 6.44. The molecule has 0 unspecified atom stereocenters. The standard InChI is InChI=1S/C55H48BN3/c1-54(2,3)42-24-30-49-46(35-42)56-47-36-43(55(4,5)6)25-31-50(47)59(45-28-22-40(23-29-45)38-17-11-8-12-18-38)52-34-41(48-19-13-14-32-57-48)33-51(53(52)56)58(49)44-26-20-39(21-27-44)37-15-9-7-10-16-37/h7-36H,1-6H3. The Morgan fingerprint density at radius 2 is 0.814 bits per heavy atom. The maximum atomic E-state index is 4.93. The van der Waals surface area contributed by atoms with Crippen LogP contribution in [0.25, 0.3) is 33.5 Å². The fraction of sp³-hybridized carbons (Fsp3) is 0.145. The monoisotopic (exact) mass is 761 g/mol. The van der Waals surface area contributed by atoms with Gasteiger partial charge in [-0.15, -0.1) is 0 Å². The van der Waals surface area contributed by atoms with E-state index in [1.54, 1.807) is 0 Å². The molecule has 7 aromatic carbocycles. The van der Waals surface area contributed by atoms with E-state index >= 15 is 0 Å². The SMILES string of the molecule is CC(C)(C)c1ccc2c(c1)B1c3cc(C(C)(C)C)ccc3N(c3ccc(-c4ccccc4)cc3)c3cc(-c4ccccn4)cc(c31)N2c1ccc(-c2ccccc2)cc1. The Kier molecular flexibility index (Phi) is 8.72. The summed E-state index contributed by atoms with van der Waals surface area (Å²) in [5, 5.41) is 0. The first-order chi connectivity index (χ1) is 28.5. The molecule has 3 heterocycles. The number of pyridine rings is 1. The minimum absolute atomic E-state index is 0.00654. The zero-order chi connectivity index (χ0) is 40.5. The summed E-state index contributed by atoms with van der Waals surface area (Å²) >= 11 is 0. The molecule has 0 saturated heterocycles. The molecule has 3 nitrogen and oxygen atoms in total. The lowest BCUT2D eigenvalue weighted by Crippen LogP contribution is -2.61. The molecular weight excluding hydrogens is 713 g/mol. The summed E-state index contributed by atoms with van der Waals surface area (Å²) in [5.74, 6) is 0. The van der Waals surface area contributed by atoms with Crippen LogP contribution in [0.5, 0.6) is 0 Å². The molecule has 0 amide bonds. The maximum Gasteiger partial charge on any atom is 0.252 e. The normalized spacial score (nSPS) is 13.2. The second-order valence-electron chi connectivity index (χ2n) is 18.1. The van der Waals surface area contributed by atoms with Crippen LogP contribution in [0.3, 0.4) is 0 Å². The van der Waals surface area contributed by atoms with Crippen molar-refractivity contribution in [2.75, 3.05) is 9.80 Å². The number of benzene rings is 7. The highest BCUT2D eigenvalue weighted by molar-refractivity contribution is 7.00. The molecular formula is C55H48BN3. The Balaban J connectivity index is 1.28. The number of nitrogens with zero attached hydrogens (tertiary/aromatic N) is 3. The van der Waals surface area contributed by atoms with E-state index in [0.717, 1.165) is 22.6 Å². The summed E-state index contributed by atoms with van der Waals surface area (Å²) in [7, 11) is 0. The molecule has 2 aliphatic heterocycles. The number of hydrogen-bond donors (Lipinski definition) is 0. The van der Waals surface area contributed by atoms with Crippen molar-refractivity contribution in [2.45, 2.75) is 52.4 Å². The van der Waals surface area contributed by atoms with Crippen LogP contribution in [0.2, 0.25) is 0 Å². The second kappa shape index (κ2) is 14.0. The van der Waals surface area contributed by atoms with Crippen molar-refractivity contribution in [3.8, 4) is 33.5 Å². The van der Waals surface area contributed by atoms with Crippen LogP contribution in [0, 0.1) is 0 Å². The lowest BCUT2D eigenvalue weighted by Gasteiger charge is -2.45. The summed E-state index contributed by atoms with van der Waals surface area (Å²) in [6, 6.07) is 64.9. The van der Waals surface area contributed by atoms with E-state index in [2.05, 4.69) is 221 Å². The molecule has 0 saturated carbocycles. The predicted octanol–water partition coefficient (Wildman–Crippen LogP) is 12.8. The fourth-order valence-corrected chi connectivity index (χ4v) is 9.04. The molecule has 4 heteroatoms. The van der Waals surface area contributed by atoms with Crippen molar-refractivity contribution >= 4 is 57.2 Å². The Hall–Kier alpha value is -6.65. The lowest BCUT2D eigenvalue weighted by atomic mass is 9.33. The van der Waals surface area contributed by atoms with Gasteiger partial charge >= 0.3 is 0 Å². The van der Waals surface area contributed by atoms with Crippen molar-refractivity contribution < 1.29 is 0 Å². The molecule has 2 aliphatic rings. The van der Waals surface area contributed by atoms with Gasteiger partial charge in [-0.2, -0.15) is 0 Å². The molecule has 0 atom stereocenters. The van der Waals surface area contributed by atoms with Crippen molar-refractivity contribution in [3.63, 3.8) is 0 Å². The van der Waals surface area contributed by atoms with Gasteiger partial charge in [0.2, 0.25) is 0 Å². The first-order valence-electron chi connectivity index (χ1n) is 20.8. The number of rotatable bonds is 5. The highest BCUT2D eigenvalue weighted by Crippen LogP contribution is 2.47. The molecule has 0 bridgehead atoms. The largest absolute Gasteiger partial charge is 0.311 e. The molecule has 8 aromatic rings. The molecule has 0 N–H and O–H groups in total. The van der Waals surface area contributed by atoms with Crippen LogP contribution in [-0.2, 0) is 10.8 Å². The van der Waals surface area contributed by atoms with Gasteiger partial charge in [-0.05, 0) is 121 Å². The Labute approximate surface area is 349 Å². The van der Waals surface area contributed by atoms with Gasteiger partial charge in [-0.1, -0.05) is 157 Å². The van der Waals surface area contributed by atoms with Crippen LogP contribution in [0.15, 0.2) is 182 Å². The van der Waals surface area contributed by atoms with E-state index in [1.165, 1.54) is 72.5 Å². The van der Waals surface area contributed by atoms with E-state index in [9.17, 15) is 0 Å². The summed E-state index contributed by atoms with van der Waals surface area (Å²) < 4.78 is 0. The van der Waals surface area contributed by atoms with Gasteiger partial charge in [0, 0.05) is 45.9 Å². The van der Waals surface area contributed by atoms with Gasteiger partial charge in [0.25, 0.3) is 6.71 Å². The highest BCUT2D eigenvalue weighted by atomic mass is 15.2. The van der Waals surface area contributed by atoms with Crippen molar-refractivity contribution in [2.24, 2.45) is 0 Å². The van der Waals surface area contributed by atoms with Crippen LogP contribution >= 0.6 is 0 Å². The van der Waals surface area contributed by atoms with Gasteiger partial charge in [0.15, 0.2) is 0 Å². The van der Waals surface area contributed by atoms with Gasteiger partial charge in [0.05, 0.1) is 5.69 Å². The van der Waals surface area contributed by atoms with Crippen LogP contribution in [0.4, 0.5) is 34.1 Å². The van der Waals surface area contributed by atoms with Crippen molar-refractivity contribution in [3.05, 3.63) is 193 Å². The smallest absolute Gasteiger partial charge is 0.252 e. The average Bonchev–Trinajstić information content (AvgIpc) is 3.26. The number of anilines is 6. The molecule has 0 aliphatic carbocycles. The van der Waals surface area contributed by atoms with Crippen LogP contribution in [0.1, 0.15) is 52.7 Å². The summed E-state index contributed by atoms with van der Waals surface area (Å²) in [5.41, 5.74) is 20.4. The van der Waals surface area contributed by atoms with E-state index in [4.69, 9.17) is 4.98 Å². The Morgan fingerprint density at radius 1 is 0.390 bits per heavy atom. The number of hydrogen-bond acceptors (Lipinski definition) is 3. The molecule has 0 spiro atoms. The highest BCUT2D eigenvalue weighted by Gasteiger charge is 2.44. The van der Waals surface area contributed by atoms with Gasteiger partial charge in [-0.25, -0.2) is 0 Å². The van der Waals surface area contributed by atoms with E-state index in [0.29, 0.717) is 0 Å². The third-order valence-corrected chi connectivity index (χ3v) is 12.2. The van der Waals surface area contributed by atoms with Gasteiger partial charge < -0.3 is 9.80 Å². The zero-order valence-corrected chi connectivity index (χ0v) is 34.7. The van der Waals surface area contributed by atoms with Crippen molar-refractivity contribution in [1.82, 2.24) is 4.98 Å². The van der Waals surface area contributed by atoms with Crippen molar-refractivity contribution in [1.29, 1.82) is 0 Å². The van der Waals surface area contributed by atoms with Gasteiger partial charge in [-0.3, -0.25) is 4.98 Å². The minimum atomic E-state index is -0.0274. The molecule has 0 fully saturated rings. The fourth-order valence-electron chi connectivity index (χ4n) is 9.04. The topological polar surface area (TPSA) is 19.4 Å². The molecule has 286 valence electrons. The van der Waals surface area contributed by atoms with E-state index in [-0.39, 0.29) is 17.5 Å². The van der Waals surface area contributed by atoms with Crippen LogP contribution < -0.4 is 26.2 Å². The summed E-state index contributed by atoms with van der Waals surface area (Å²) in [6.07, 6.45) is 1.90.